The van der Waals surface area contributed by atoms with Crippen LogP contribution in [0.5, 0.6) is 5.75 Å². The predicted molar refractivity (Wildman–Crippen MR) is 169 cm³/mol. The van der Waals surface area contributed by atoms with Gasteiger partial charge in [0.25, 0.3) is 0 Å². The molecular formula is C32H33BClN5O5. The van der Waals surface area contributed by atoms with Crippen molar-refractivity contribution in [3.8, 4) is 11.4 Å². The van der Waals surface area contributed by atoms with E-state index in [1.54, 1.807) is 37.4 Å². The molecule has 44 heavy (non-hydrogen) atoms. The topological polar surface area (TPSA) is 139 Å². The number of Topliss-reactive ketones (excluding diaryl/α,β-unsaturated/α-hetero) is 1. The van der Waals surface area contributed by atoms with Crippen LogP contribution in [0.15, 0.2) is 71.7 Å². The second kappa shape index (κ2) is 14.0. The van der Waals surface area contributed by atoms with Gasteiger partial charge in [-0.25, -0.2) is 0 Å². The van der Waals surface area contributed by atoms with Crippen molar-refractivity contribution < 1.29 is 24.4 Å². The van der Waals surface area contributed by atoms with Gasteiger partial charge in [0.15, 0.2) is 11.6 Å². The summed E-state index contributed by atoms with van der Waals surface area (Å²) in [6.45, 7) is 2.33. The molecule has 0 unspecified atom stereocenters. The molecule has 0 fully saturated rings. The molecule has 2 heterocycles. The van der Waals surface area contributed by atoms with Gasteiger partial charge >= 0.3 is 7.12 Å². The third-order valence-corrected chi connectivity index (χ3v) is 7.79. The lowest BCUT2D eigenvalue weighted by molar-refractivity contribution is -0.121. The number of hydrogen-bond donors (Lipinski definition) is 3. The number of methoxy groups -OCH3 is 1. The van der Waals surface area contributed by atoms with Crippen LogP contribution in [0.25, 0.3) is 5.69 Å². The highest BCUT2D eigenvalue weighted by Crippen LogP contribution is 2.34. The van der Waals surface area contributed by atoms with Crippen LogP contribution < -0.4 is 15.5 Å². The van der Waals surface area contributed by atoms with Crippen molar-refractivity contribution in [1.29, 1.82) is 0 Å². The summed E-state index contributed by atoms with van der Waals surface area (Å²) in [5, 5.41) is 31.0. The number of ketones is 1. The molecular weight excluding hydrogens is 581 g/mol. The fourth-order valence-corrected chi connectivity index (χ4v) is 5.38. The highest BCUT2D eigenvalue weighted by atomic mass is 35.5. The summed E-state index contributed by atoms with van der Waals surface area (Å²) in [5.74, 6) is 1.70. The van der Waals surface area contributed by atoms with E-state index in [0.717, 1.165) is 23.2 Å². The van der Waals surface area contributed by atoms with Gasteiger partial charge in [0.1, 0.15) is 17.6 Å². The fourth-order valence-electron chi connectivity index (χ4n) is 5.26. The SMILES string of the molecule is COc1ccc2c(c1)C(c1ccc(Cl)cc1)=N[C@@H](CC(=O)NCCCCCC(=O)c1cccc(B(O)O)c1)c1nnc(C)n1-2. The first-order valence-corrected chi connectivity index (χ1v) is 14.8. The van der Waals surface area contributed by atoms with Gasteiger partial charge in [-0.1, -0.05) is 54.4 Å². The number of aryl methyl sites for hydroxylation is 1. The molecule has 1 amide bonds. The number of nitrogens with zero attached hydrogens (tertiary/aromatic N) is 4. The molecule has 0 aliphatic carbocycles. The van der Waals surface area contributed by atoms with Crippen molar-refractivity contribution in [3.05, 3.63) is 100 Å². The maximum atomic E-state index is 13.1. The number of rotatable bonds is 12. The third-order valence-electron chi connectivity index (χ3n) is 7.54. The summed E-state index contributed by atoms with van der Waals surface area (Å²) >= 11 is 6.18. The molecule has 0 bridgehead atoms. The van der Waals surface area contributed by atoms with E-state index in [4.69, 9.17) is 21.3 Å². The lowest BCUT2D eigenvalue weighted by Gasteiger charge is -2.14. The van der Waals surface area contributed by atoms with Crippen LogP contribution in [-0.4, -0.2) is 63.0 Å². The summed E-state index contributed by atoms with van der Waals surface area (Å²) in [7, 11) is -0.000633. The molecule has 5 rings (SSSR count). The van der Waals surface area contributed by atoms with Crippen LogP contribution in [0.3, 0.4) is 0 Å². The molecule has 12 heteroatoms. The number of ether oxygens (including phenoxy) is 1. The van der Waals surface area contributed by atoms with Gasteiger partial charge in [-0.15, -0.1) is 10.2 Å². The molecule has 0 spiro atoms. The first-order valence-electron chi connectivity index (χ1n) is 14.5. The number of fused-ring (bicyclic) bond motifs is 3. The summed E-state index contributed by atoms with van der Waals surface area (Å²) in [5.41, 5.74) is 3.95. The van der Waals surface area contributed by atoms with Crippen LogP contribution in [-0.2, 0) is 4.79 Å². The van der Waals surface area contributed by atoms with Gasteiger partial charge in [-0.3, -0.25) is 19.1 Å². The second-order valence-electron chi connectivity index (χ2n) is 10.6. The van der Waals surface area contributed by atoms with Gasteiger partial charge in [0, 0.05) is 34.7 Å². The van der Waals surface area contributed by atoms with Crippen LogP contribution in [0.4, 0.5) is 0 Å². The molecule has 0 radical (unpaired) electrons. The Hall–Kier alpha value is -4.32. The molecule has 3 N–H and O–H groups in total. The summed E-state index contributed by atoms with van der Waals surface area (Å²) in [6.07, 6.45) is 2.53. The predicted octanol–water partition coefficient (Wildman–Crippen LogP) is 3.76. The molecule has 1 atom stereocenters. The number of benzene rings is 3. The normalized spacial score (nSPS) is 13.8. The molecule has 0 saturated carbocycles. The van der Waals surface area contributed by atoms with Gasteiger partial charge in [0.2, 0.25) is 5.91 Å². The number of hydrogen-bond acceptors (Lipinski definition) is 8. The number of carbonyl (C=O) groups is 2. The summed E-state index contributed by atoms with van der Waals surface area (Å²) < 4.78 is 7.46. The summed E-state index contributed by atoms with van der Waals surface area (Å²) in [4.78, 5) is 30.7. The molecule has 4 aromatic rings. The quantitative estimate of drug-likeness (QED) is 0.126. The number of aromatic nitrogens is 3. The maximum absolute atomic E-state index is 13.1. The Kier molecular flexibility index (Phi) is 9.89. The first kappa shape index (κ1) is 31.1. The number of halogens is 1. The molecule has 10 nitrogen and oxygen atoms in total. The van der Waals surface area contributed by atoms with Crippen LogP contribution in [0.1, 0.15) is 71.3 Å². The van der Waals surface area contributed by atoms with E-state index in [0.29, 0.717) is 59.5 Å². The third kappa shape index (κ3) is 7.07. The standard InChI is InChI=1S/C32H33BClN5O5/c1-20-37-38-32-27(19-30(41)35-16-5-3-4-9-29(40)22-7-6-8-23(17-22)33(42)43)36-31(21-10-12-24(34)13-11-21)26-18-25(44-2)14-15-28(26)39(20)32/h6-8,10-15,17-18,27,42-43H,3-5,9,16,19H2,1-2H3,(H,35,41)/t27-/m0/s1. The Labute approximate surface area is 260 Å². The smallest absolute Gasteiger partial charge is 0.488 e. The zero-order valence-corrected chi connectivity index (χ0v) is 25.3. The zero-order valence-electron chi connectivity index (χ0n) is 24.5. The van der Waals surface area contributed by atoms with Gasteiger partial charge < -0.3 is 20.1 Å². The fraction of sp³-hybridized carbons (Fsp3) is 0.281. The molecule has 1 aliphatic rings. The Bertz CT molecular complexity index is 1690. The monoisotopic (exact) mass is 613 g/mol. The maximum Gasteiger partial charge on any atom is 0.488 e. The van der Waals surface area contributed by atoms with Crippen LogP contribution >= 0.6 is 11.6 Å². The minimum absolute atomic E-state index is 0.0581. The van der Waals surface area contributed by atoms with E-state index < -0.39 is 13.2 Å². The van der Waals surface area contributed by atoms with E-state index in [2.05, 4.69) is 15.5 Å². The van der Waals surface area contributed by atoms with Gasteiger partial charge in [-0.2, -0.15) is 0 Å². The number of unbranched alkanes of at least 4 members (excludes halogenated alkanes) is 2. The van der Waals surface area contributed by atoms with Crippen LogP contribution in [0, 0.1) is 6.92 Å². The van der Waals surface area contributed by atoms with E-state index in [9.17, 15) is 19.6 Å². The van der Waals surface area contributed by atoms with E-state index in [1.807, 2.05) is 41.8 Å². The van der Waals surface area contributed by atoms with Crippen molar-refractivity contribution in [1.82, 2.24) is 20.1 Å². The number of nitrogens with one attached hydrogen (secondary N) is 1. The largest absolute Gasteiger partial charge is 0.497 e. The Morgan fingerprint density at radius 3 is 2.57 bits per heavy atom. The average Bonchev–Trinajstić information content (AvgIpc) is 3.35. The number of aliphatic imine (C=N–C) groups is 1. The zero-order chi connectivity index (χ0) is 31.2. The van der Waals surface area contributed by atoms with Gasteiger partial charge in [-0.05, 0) is 55.6 Å². The lowest BCUT2D eigenvalue weighted by atomic mass is 9.79. The lowest BCUT2D eigenvalue weighted by Crippen LogP contribution is -2.30. The highest BCUT2D eigenvalue weighted by molar-refractivity contribution is 6.58. The molecule has 1 aliphatic heterocycles. The highest BCUT2D eigenvalue weighted by Gasteiger charge is 2.30. The molecule has 0 saturated heterocycles. The van der Waals surface area contributed by atoms with E-state index in [-0.39, 0.29) is 23.6 Å². The summed E-state index contributed by atoms with van der Waals surface area (Å²) in [6, 6.07) is 18.9. The number of carbonyl (C=O) groups excluding carboxylic acids is 2. The molecule has 226 valence electrons. The van der Waals surface area contributed by atoms with Gasteiger partial charge in [0.05, 0.1) is 24.9 Å². The molecule has 3 aromatic carbocycles. The second-order valence-corrected chi connectivity index (χ2v) is 11.0. The molecule has 1 aromatic heterocycles. The minimum Gasteiger partial charge on any atom is -0.497 e. The van der Waals surface area contributed by atoms with Crippen molar-refractivity contribution in [3.63, 3.8) is 0 Å². The Balaban J connectivity index is 1.25. The van der Waals surface area contributed by atoms with E-state index in [1.165, 1.54) is 6.07 Å². The van der Waals surface area contributed by atoms with Crippen molar-refractivity contribution in [2.24, 2.45) is 4.99 Å². The van der Waals surface area contributed by atoms with Crippen molar-refractivity contribution in [2.75, 3.05) is 13.7 Å². The van der Waals surface area contributed by atoms with Crippen molar-refractivity contribution in [2.45, 2.75) is 45.1 Å². The Morgan fingerprint density at radius 1 is 1.02 bits per heavy atom. The Morgan fingerprint density at radius 2 is 1.82 bits per heavy atom. The number of amides is 1. The van der Waals surface area contributed by atoms with Crippen molar-refractivity contribution >= 4 is 41.6 Å². The average molecular weight is 614 g/mol. The first-order chi connectivity index (χ1) is 21.2. The minimum atomic E-state index is -1.61. The van der Waals surface area contributed by atoms with E-state index >= 15 is 0 Å². The van der Waals surface area contributed by atoms with Crippen LogP contribution in [0.2, 0.25) is 5.02 Å².